The van der Waals surface area contributed by atoms with Crippen LogP contribution in [0.15, 0.2) is 0 Å². The number of carbonyl (C=O) groups excluding carboxylic acids is 1. The number of ether oxygens (including phenoxy) is 1. The largest absolute Gasteiger partial charge is 0.481 e. The zero-order chi connectivity index (χ0) is 14.2. The van der Waals surface area contributed by atoms with Crippen LogP contribution in [0.25, 0.3) is 0 Å². The molecule has 0 aromatic heterocycles. The molecule has 18 heavy (non-hydrogen) atoms. The van der Waals surface area contributed by atoms with Crippen molar-refractivity contribution in [3.05, 3.63) is 0 Å². The fraction of sp³-hybridized carbons (Fsp3) is 0.833. The molecule has 0 aromatic carbocycles. The highest BCUT2D eigenvalue weighted by molar-refractivity contribution is 5.75. The molecule has 6 heteroatoms. The number of hydrogen-bond acceptors (Lipinski definition) is 3. The molecule has 2 amide bonds. The number of aliphatic carboxylic acids is 1. The maximum Gasteiger partial charge on any atom is 0.315 e. The average Bonchev–Trinajstić information content (AvgIpc) is 2.25. The van der Waals surface area contributed by atoms with E-state index in [2.05, 4.69) is 10.6 Å². The molecule has 0 fully saturated rings. The zero-order valence-electron chi connectivity index (χ0n) is 11.6. The number of amides is 2. The van der Waals surface area contributed by atoms with E-state index in [1.54, 1.807) is 0 Å². The van der Waals surface area contributed by atoms with Crippen LogP contribution in [0.2, 0.25) is 0 Å². The smallest absolute Gasteiger partial charge is 0.315 e. The number of rotatable bonds is 8. The van der Waals surface area contributed by atoms with Crippen molar-refractivity contribution in [2.45, 2.75) is 52.2 Å². The third kappa shape index (κ3) is 7.89. The molecule has 1 atom stereocenters. The predicted octanol–water partition coefficient (Wildman–Crippen LogP) is 1.35. The van der Waals surface area contributed by atoms with Crippen LogP contribution in [0.3, 0.4) is 0 Å². The standard InChI is InChI=1S/C12H24N2O4/c1-5-9(7-10(15)16)14-11(17)13-8-12(3,4)18-6-2/h9H,5-8H2,1-4H3,(H,15,16)(H2,13,14,17). The van der Waals surface area contributed by atoms with Crippen LogP contribution in [-0.2, 0) is 9.53 Å². The fourth-order valence-corrected chi connectivity index (χ4v) is 1.48. The van der Waals surface area contributed by atoms with Crippen LogP contribution in [-0.4, -0.2) is 41.9 Å². The molecule has 106 valence electrons. The highest BCUT2D eigenvalue weighted by Gasteiger charge is 2.20. The Morgan fingerprint density at radius 1 is 1.33 bits per heavy atom. The van der Waals surface area contributed by atoms with Gasteiger partial charge in [-0.2, -0.15) is 0 Å². The Balaban J connectivity index is 4.06. The minimum Gasteiger partial charge on any atom is -0.481 e. The van der Waals surface area contributed by atoms with Gasteiger partial charge in [0.2, 0.25) is 0 Å². The third-order valence-electron chi connectivity index (χ3n) is 2.46. The van der Waals surface area contributed by atoms with Gasteiger partial charge in [0.15, 0.2) is 0 Å². The first-order chi connectivity index (χ1) is 8.30. The Morgan fingerprint density at radius 3 is 2.39 bits per heavy atom. The summed E-state index contributed by atoms with van der Waals surface area (Å²) in [5.74, 6) is -0.920. The second-order valence-electron chi connectivity index (χ2n) is 4.72. The van der Waals surface area contributed by atoms with Crippen LogP contribution in [0.5, 0.6) is 0 Å². The molecule has 0 saturated carbocycles. The SMILES string of the molecule is CCOC(C)(C)CNC(=O)NC(CC)CC(=O)O. The topological polar surface area (TPSA) is 87.7 Å². The van der Waals surface area contributed by atoms with Crippen molar-refractivity contribution >= 4 is 12.0 Å². The van der Waals surface area contributed by atoms with Crippen molar-refractivity contribution in [1.29, 1.82) is 0 Å². The summed E-state index contributed by atoms with van der Waals surface area (Å²) in [6, 6.07) is -0.714. The molecule has 0 radical (unpaired) electrons. The van der Waals surface area contributed by atoms with Crippen LogP contribution in [0.1, 0.15) is 40.5 Å². The van der Waals surface area contributed by atoms with Crippen molar-refractivity contribution in [2.75, 3.05) is 13.2 Å². The van der Waals surface area contributed by atoms with E-state index in [-0.39, 0.29) is 18.5 Å². The number of urea groups is 1. The Bertz CT molecular complexity index is 279. The van der Waals surface area contributed by atoms with Gasteiger partial charge in [-0.25, -0.2) is 4.79 Å². The lowest BCUT2D eigenvalue weighted by molar-refractivity contribution is -0.137. The Kier molecular flexibility index (Phi) is 7.35. The number of carboxylic acid groups (broad SMARTS) is 1. The fourth-order valence-electron chi connectivity index (χ4n) is 1.48. The highest BCUT2D eigenvalue weighted by atomic mass is 16.5. The summed E-state index contributed by atoms with van der Waals surface area (Å²) in [5, 5.41) is 14.0. The second-order valence-corrected chi connectivity index (χ2v) is 4.72. The van der Waals surface area contributed by atoms with Gasteiger partial charge in [0.25, 0.3) is 0 Å². The molecule has 3 N–H and O–H groups in total. The monoisotopic (exact) mass is 260 g/mol. The minimum absolute atomic E-state index is 0.0707. The van der Waals surface area contributed by atoms with Crippen LogP contribution in [0.4, 0.5) is 4.79 Å². The molecule has 0 aliphatic carbocycles. The molecular formula is C12H24N2O4. The lowest BCUT2D eigenvalue weighted by Crippen LogP contribution is -2.48. The summed E-state index contributed by atoms with van der Waals surface area (Å²) < 4.78 is 5.44. The highest BCUT2D eigenvalue weighted by Crippen LogP contribution is 2.06. The maximum atomic E-state index is 11.6. The normalized spacial score (nSPS) is 12.9. The third-order valence-corrected chi connectivity index (χ3v) is 2.46. The van der Waals surface area contributed by atoms with Gasteiger partial charge >= 0.3 is 12.0 Å². The molecule has 6 nitrogen and oxygen atoms in total. The summed E-state index contributed by atoms with van der Waals surface area (Å²) in [4.78, 5) is 22.1. The first-order valence-corrected chi connectivity index (χ1v) is 6.20. The molecule has 0 rings (SSSR count). The van der Waals surface area contributed by atoms with Gasteiger partial charge < -0.3 is 20.5 Å². The van der Waals surface area contributed by atoms with E-state index in [0.29, 0.717) is 19.6 Å². The van der Waals surface area contributed by atoms with Gasteiger partial charge in [-0.1, -0.05) is 6.92 Å². The van der Waals surface area contributed by atoms with Crippen molar-refractivity contribution in [1.82, 2.24) is 10.6 Å². The summed E-state index contributed by atoms with van der Waals surface area (Å²) >= 11 is 0. The summed E-state index contributed by atoms with van der Waals surface area (Å²) in [5.41, 5.74) is -0.430. The van der Waals surface area contributed by atoms with Crippen LogP contribution >= 0.6 is 0 Å². The molecule has 0 aliphatic heterocycles. The van der Waals surface area contributed by atoms with Crippen molar-refractivity contribution in [3.8, 4) is 0 Å². The molecule has 0 aromatic rings. The van der Waals surface area contributed by atoms with Gasteiger partial charge in [-0.15, -0.1) is 0 Å². The maximum absolute atomic E-state index is 11.6. The quantitative estimate of drug-likeness (QED) is 0.615. The lowest BCUT2D eigenvalue weighted by atomic mass is 10.1. The van der Waals surface area contributed by atoms with Gasteiger partial charge in [-0.3, -0.25) is 4.79 Å². The van der Waals surface area contributed by atoms with Gasteiger partial charge in [-0.05, 0) is 27.2 Å². The van der Waals surface area contributed by atoms with Gasteiger partial charge in [0.05, 0.1) is 12.0 Å². The van der Waals surface area contributed by atoms with Crippen molar-refractivity contribution in [3.63, 3.8) is 0 Å². The number of hydrogen-bond donors (Lipinski definition) is 3. The van der Waals surface area contributed by atoms with E-state index in [4.69, 9.17) is 9.84 Å². The van der Waals surface area contributed by atoms with Crippen LogP contribution in [0, 0.1) is 0 Å². The van der Waals surface area contributed by atoms with Crippen LogP contribution < -0.4 is 10.6 Å². The molecule has 0 spiro atoms. The van der Waals surface area contributed by atoms with Crippen molar-refractivity contribution < 1.29 is 19.4 Å². The minimum atomic E-state index is -0.920. The number of carboxylic acids is 1. The zero-order valence-corrected chi connectivity index (χ0v) is 11.6. The summed E-state index contributed by atoms with van der Waals surface area (Å²) in [7, 11) is 0. The first kappa shape index (κ1) is 16.7. The summed E-state index contributed by atoms with van der Waals surface area (Å²) in [6.45, 7) is 8.43. The van der Waals surface area contributed by atoms with E-state index in [9.17, 15) is 9.59 Å². The molecule has 0 saturated heterocycles. The first-order valence-electron chi connectivity index (χ1n) is 6.20. The molecule has 1 unspecified atom stereocenters. The number of nitrogens with one attached hydrogen (secondary N) is 2. The molecule has 0 heterocycles. The predicted molar refractivity (Wildman–Crippen MR) is 68.6 cm³/mol. The molecule has 0 bridgehead atoms. The molecule has 0 aliphatic rings. The van der Waals surface area contributed by atoms with E-state index < -0.39 is 11.6 Å². The number of carbonyl (C=O) groups is 2. The average molecular weight is 260 g/mol. The molecular weight excluding hydrogens is 236 g/mol. The van der Waals surface area contributed by atoms with E-state index >= 15 is 0 Å². The summed E-state index contributed by atoms with van der Waals surface area (Å²) in [6.07, 6.45) is 0.507. The van der Waals surface area contributed by atoms with E-state index in [1.807, 2.05) is 27.7 Å². The van der Waals surface area contributed by atoms with Gasteiger partial charge in [0.1, 0.15) is 0 Å². The van der Waals surface area contributed by atoms with Crippen molar-refractivity contribution in [2.24, 2.45) is 0 Å². The van der Waals surface area contributed by atoms with E-state index in [0.717, 1.165) is 0 Å². The second kappa shape index (κ2) is 7.92. The van der Waals surface area contributed by atoms with Gasteiger partial charge in [0, 0.05) is 19.2 Å². The Morgan fingerprint density at radius 2 is 1.94 bits per heavy atom. The Labute approximate surface area is 108 Å². The van der Waals surface area contributed by atoms with E-state index in [1.165, 1.54) is 0 Å². The Hall–Kier alpha value is -1.30. The lowest BCUT2D eigenvalue weighted by Gasteiger charge is -2.25.